The zero-order chi connectivity index (χ0) is 59.6. The minimum Gasteiger partial charge on any atom is -0.355 e. The Hall–Kier alpha value is -10.8. The summed E-state index contributed by atoms with van der Waals surface area (Å²) in [5.41, 5.74) is 18.7. The number of halogens is 1. The van der Waals surface area contributed by atoms with E-state index in [1.807, 2.05) is 22.7 Å². The molecule has 7 heteroatoms. The summed E-state index contributed by atoms with van der Waals surface area (Å²) in [6, 6.07) is 107. The molecule has 0 aliphatic carbocycles. The molecule has 14 aromatic carbocycles. The molecule has 0 fully saturated rings. The highest BCUT2D eigenvalue weighted by molar-refractivity contribution is 9.10. The smallest absolute Gasteiger partial charge is 0.0620 e. The van der Waals surface area contributed by atoms with Gasteiger partial charge in [0.2, 0.25) is 0 Å². The molecule has 0 aliphatic heterocycles. The third-order valence-corrected chi connectivity index (χ3v) is 22.0. The molecular formula is C84H49BrN4S2. The van der Waals surface area contributed by atoms with Crippen LogP contribution in [0.25, 0.3) is 188 Å². The Balaban J connectivity index is 0.000000108. The van der Waals surface area contributed by atoms with Crippen LogP contribution >= 0.6 is 38.6 Å². The van der Waals surface area contributed by atoms with Crippen LogP contribution in [0, 0.1) is 0 Å². The van der Waals surface area contributed by atoms with E-state index in [-0.39, 0.29) is 0 Å². The van der Waals surface area contributed by atoms with Crippen molar-refractivity contribution in [3.63, 3.8) is 0 Å². The van der Waals surface area contributed by atoms with Crippen molar-refractivity contribution in [2.24, 2.45) is 0 Å². The standard InChI is InChI=1S/C42H24N2S.C30H18N2.C12H7BrS/c1-5-14-37-28(8-1)33-11-7-12-34-30-19-16-26(23-39(30)44(37)42(33)34)25-17-21-38-35(22-25)29-9-2-4-13-36(29)43(38)27-18-20-32-31-10-3-6-15-40(31)45-41(32)24-27;1-3-10-26-20(6-1)25-16-18(13-15-27(25)31-26)19-12-14-22-24-9-5-8-23-21-7-2-4-11-28(21)32(30(23)24)29(22)17-19;13-8-5-6-10-9-3-1-2-4-11(9)14-12(10)7-8/h1-24H;1-17,31H;1-7H. The lowest BCUT2D eigenvalue weighted by Gasteiger charge is -2.09. The van der Waals surface area contributed by atoms with Crippen molar-refractivity contribution in [3.8, 4) is 27.9 Å². The lowest BCUT2D eigenvalue weighted by molar-refractivity contribution is 1.19. The maximum atomic E-state index is 3.54. The monoisotopic (exact) mass is 1260 g/mol. The van der Waals surface area contributed by atoms with Crippen molar-refractivity contribution in [1.29, 1.82) is 0 Å². The molecule has 8 aromatic heterocycles. The van der Waals surface area contributed by atoms with Gasteiger partial charge in [-0.2, -0.15) is 0 Å². The van der Waals surface area contributed by atoms with Gasteiger partial charge in [-0.3, -0.25) is 0 Å². The van der Waals surface area contributed by atoms with Crippen LogP contribution in [0.2, 0.25) is 0 Å². The van der Waals surface area contributed by atoms with Crippen molar-refractivity contribution < 1.29 is 0 Å². The second-order valence-corrected chi connectivity index (χ2v) is 27.2. The first kappa shape index (κ1) is 51.1. The molecule has 91 heavy (non-hydrogen) atoms. The number of nitrogens with zero attached hydrogens (tertiary/aromatic N) is 3. The Morgan fingerprint density at radius 2 is 0.637 bits per heavy atom. The van der Waals surface area contributed by atoms with Gasteiger partial charge in [-0.25, -0.2) is 0 Å². The molecule has 4 nitrogen and oxygen atoms in total. The number of H-pyrrole nitrogens is 1. The molecule has 0 radical (unpaired) electrons. The Morgan fingerprint density at radius 3 is 1.24 bits per heavy atom. The Kier molecular flexibility index (Phi) is 11.0. The molecule has 0 saturated carbocycles. The molecule has 0 bridgehead atoms. The van der Waals surface area contributed by atoms with E-state index in [9.17, 15) is 0 Å². The number of nitrogens with one attached hydrogen (secondary N) is 1. The highest BCUT2D eigenvalue weighted by Crippen LogP contribution is 2.45. The number of hydrogen-bond acceptors (Lipinski definition) is 2. The molecule has 0 saturated heterocycles. The van der Waals surface area contributed by atoms with E-state index in [0.29, 0.717) is 0 Å². The van der Waals surface area contributed by atoms with Crippen LogP contribution in [0.5, 0.6) is 0 Å². The highest BCUT2D eigenvalue weighted by Gasteiger charge is 2.21. The van der Waals surface area contributed by atoms with Crippen molar-refractivity contribution in [2.75, 3.05) is 0 Å². The Morgan fingerprint density at radius 1 is 0.242 bits per heavy atom. The van der Waals surface area contributed by atoms with Gasteiger partial charge in [-0.1, -0.05) is 210 Å². The van der Waals surface area contributed by atoms with Gasteiger partial charge in [0.1, 0.15) is 0 Å². The highest BCUT2D eigenvalue weighted by atomic mass is 79.9. The predicted molar refractivity (Wildman–Crippen MR) is 397 cm³/mol. The summed E-state index contributed by atoms with van der Waals surface area (Å²) in [7, 11) is 0. The average molecular weight is 1260 g/mol. The number of fused-ring (bicyclic) bond motifs is 24. The minimum absolute atomic E-state index is 1.15. The molecular weight excluding hydrogens is 1210 g/mol. The Labute approximate surface area is 536 Å². The third-order valence-electron chi connectivity index (χ3n) is 19.3. The van der Waals surface area contributed by atoms with Crippen LogP contribution in [0.15, 0.2) is 296 Å². The second-order valence-electron chi connectivity index (χ2n) is 24.1. The van der Waals surface area contributed by atoms with Crippen LogP contribution in [0.4, 0.5) is 0 Å². The molecule has 424 valence electrons. The normalized spacial score (nSPS) is 12.2. The van der Waals surface area contributed by atoms with Crippen LogP contribution in [-0.4, -0.2) is 18.4 Å². The first-order valence-corrected chi connectivity index (χ1v) is 33.3. The molecule has 0 spiro atoms. The lowest BCUT2D eigenvalue weighted by Crippen LogP contribution is -1.93. The summed E-state index contributed by atoms with van der Waals surface area (Å²) in [5.74, 6) is 0. The van der Waals surface area contributed by atoms with E-state index in [1.165, 1.54) is 188 Å². The molecule has 22 rings (SSSR count). The zero-order valence-electron chi connectivity index (χ0n) is 48.7. The maximum absolute atomic E-state index is 3.54. The molecule has 22 aromatic rings. The van der Waals surface area contributed by atoms with Crippen LogP contribution in [0.3, 0.4) is 0 Å². The molecule has 1 N–H and O–H groups in total. The average Bonchev–Trinajstić information content (AvgIpc) is 1.57. The molecule has 0 aliphatic rings. The fourth-order valence-electron chi connectivity index (χ4n) is 15.2. The van der Waals surface area contributed by atoms with E-state index < -0.39 is 0 Å². The zero-order valence-corrected chi connectivity index (χ0v) is 52.0. The number of para-hydroxylation sites is 6. The quantitative estimate of drug-likeness (QED) is 0.183. The molecule has 8 heterocycles. The number of thiophene rings is 2. The summed E-state index contributed by atoms with van der Waals surface area (Å²) in [6.07, 6.45) is 0. The number of rotatable bonds is 3. The molecule has 0 unspecified atom stereocenters. The topological polar surface area (TPSA) is 29.5 Å². The fourth-order valence-corrected chi connectivity index (χ4v) is 18.0. The van der Waals surface area contributed by atoms with Gasteiger partial charge in [0.05, 0.1) is 44.1 Å². The van der Waals surface area contributed by atoms with Gasteiger partial charge in [-0.15, -0.1) is 22.7 Å². The summed E-state index contributed by atoms with van der Waals surface area (Å²) in [6.45, 7) is 0. The first-order chi connectivity index (χ1) is 45.0. The number of benzene rings is 14. The van der Waals surface area contributed by atoms with Gasteiger partial charge in [-0.05, 0) is 119 Å². The van der Waals surface area contributed by atoms with Gasteiger partial charge in [0.25, 0.3) is 0 Å². The lowest BCUT2D eigenvalue weighted by atomic mass is 10.0. The van der Waals surface area contributed by atoms with E-state index >= 15 is 0 Å². The third kappa shape index (κ3) is 7.60. The van der Waals surface area contributed by atoms with E-state index in [4.69, 9.17) is 0 Å². The van der Waals surface area contributed by atoms with Gasteiger partial charge in [0.15, 0.2) is 0 Å². The van der Waals surface area contributed by atoms with Gasteiger partial charge >= 0.3 is 0 Å². The van der Waals surface area contributed by atoms with Crippen molar-refractivity contribution in [1.82, 2.24) is 18.4 Å². The summed E-state index contributed by atoms with van der Waals surface area (Å²) in [5, 5.41) is 21.0. The number of hydrogen-bond donors (Lipinski definition) is 1. The van der Waals surface area contributed by atoms with E-state index in [1.54, 1.807) is 0 Å². The van der Waals surface area contributed by atoms with Crippen molar-refractivity contribution in [2.45, 2.75) is 0 Å². The Bertz CT molecular complexity index is 6750. The van der Waals surface area contributed by atoms with Crippen molar-refractivity contribution >= 4 is 199 Å². The van der Waals surface area contributed by atoms with E-state index in [0.717, 1.165) is 4.47 Å². The van der Waals surface area contributed by atoms with Crippen molar-refractivity contribution in [3.05, 3.63) is 296 Å². The van der Waals surface area contributed by atoms with Gasteiger partial charge in [0, 0.05) is 126 Å². The molecule has 0 atom stereocenters. The SMILES string of the molecule is Brc1ccc2c(c1)sc1ccccc12.c1ccc2c(c1)[nH]c1ccc(-c3ccc4c5cccc6c7ccccc7n(c4c3)c65)cc12.c1ccc2c(c1)sc1cc(-n3c4ccccc4c4cc(-c5ccc6c7cccc8c9ccccc9n(c6c5)c87)ccc43)ccc12. The number of aromatic amines is 1. The first-order valence-electron chi connectivity index (χ1n) is 30.9. The second kappa shape index (κ2) is 19.6. The largest absolute Gasteiger partial charge is 0.355 e. The maximum Gasteiger partial charge on any atom is 0.0620 e. The summed E-state index contributed by atoms with van der Waals surface area (Å²) >= 11 is 7.22. The summed E-state index contributed by atoms with van der Waals surface area (Å²) in [4.78, 5) is 3.54. The van der Waals surface area contributed by atoms with Crippen LogP contribution in [0.1, 0.15) is 0 Å². The molecule has 0 amide bonds. The predicted octanol–water partition coefficient (Wildman–Crippen LogP) is 24.9. The van der Waals surface area contributed by atoms with Gasteiger partial charge < -0.3 is 18.4 Å². The fraction of sp³-hybridized carbons (Fsp3) is 0. The van der Waals surface area contributed by atoms with Crippen LogP contribution < -0.4 is 0 Å². The summed E-state index contributed by atoms with van der Waals surface area (Å²) < 4.78 is 13.9. The van der Waals surface area contributed by atoms with E-state index in [2.05, 4.69) is 325 Å². The number of aromatic nitrogens is 4. The van der Waals surface area contributed by atoms with Crippen LogP contribution in [-0.2, 0) is 0 Å². The minimum atomic E-state index is 1.15.